The van der Waals surface area contributed by atoms with Crippen molar-refractivity contribution in [3.63, 3.8) is 0 Å². The van der Waals surface area contributed by atoms with Crippen LogP contribution in [0.15, 0.2) is 52.2 Å². The number of thiazole rings is 1. The number of aryl methyl sites for hydroxylation is 3. The summed E-state index contributed by atoms with van der Waals surface area (Å²) < 4.78 is 35.0. The number of hydrogen-bond acceptors (Lipinski definition) is 6. The van der Waals surface area contributed by atoms with Crippen molar-refractivity contribution in [3.05, 3.63) is 75.8 Å². The third-order valence-electron chi connectivity index (χ3n) is 5.75. The Morgan fingerprint density at radius 1 is 1.20 bits per heavy atom. The Morgan fingerprint density at radius 2 is 1.89 bits per heavy atom. The van der Waals surface area contributed by atoms with Crippen molar-refractivity contribution in [3.8, 4) is 5.75 Å². The van der Waals surface area contributed by atoms with Crippen molar-refractivity contribution in [1.29, 1.82) is 0 Å². The van der Waals surface area contributed by atoms with Crippen LogP contribution in [-0.4, -0.2) is 30.5 Å². The maximum Gasteiger partial charge on any atom is 0.328 e. The van der Waals surface area contributed by atoms with Crippen LogP contribution in [0.5, 0.6) is 5.75 Å². The first kappa shape index (κ1) is 24.9. The molecule has 1 N–H and O–H groups in total. The average Bonchev–Trinajstić information content (AvgIpc) is 3.45. The van der Waals surface area contributed by atoms with Crippen LogP contribution in [0.3, 0.4) is 0 Å². The zero-order valence-corrected chi connectivity index (χ0v) is 21.5. The van der Waals surface area contributed by atoms with Crippen LogP contribution >= 0.6 is 11.3 Å². The molecule has 0 bridgehead atoms. The maximum atomic E-state index is 13.6. The third-order valence-corrected chi connectivity index (χ3v) is 9.09. The van der Waals surface area contributed by atoms with Gasteiger partial charge in [0.15, 0.2) is 0 Å². The van der Waals surface area contributed by atoms with E-state index in [4.69, 9.17) is 9.84 Å². The van der Waals surface area contributed by atoms with Gasteiger partial charge in [0.05, 0.1) is 5.69 Å². The molecule has 0 amide bonds. The number of ether oxygens (including phenoxy) is 1. The van der Waals surface area contributed by atoms with E-state index in [-0.39, 0.29) is 17.0 Å². The number of carbonyl (C=O) groups is 1. The molecule has 7 nitrogen and oxygen atoms in total. The Labute approximate surface area is 209 Å². The minimum Gasteiger partial charge on any atom is -0.487 e. The second-order valence-corrected chi connectivity index (χ2v) is 11.6. The molecule has 184 valence electrons. The number of hydrogen-bond donors (Lipinski definition) is 1. The van der Waals surface area contributed by atoms with E-state index in [2.05, 4.69) is 4.98 Å². The highest BCUT2D eigenvalue weighted by Crippen LogP contribution is 2.40. The van der Waals surface area contributed by atoms with Crippen LogP contribution in [0.2, 0.25) is 0 Å². The number of anilines is 1. The summed E-state index contributed by atoms with van der Waals surface area (Å²) >= 11 is 1.12. The molecule has 0 radical (unpaired) electrons. The molecule has 0 atom stereocenters. The first-order valence-corrected chi connectivity index (χ1v) is 13.7. The molecule has 1 aliphatic rings. The molecule has 9 heteroatoms. The topological polar surface area (TPSA) is 96.8 Å². The van der Waals surface area contributed by atoms with Crippen molar-refractivity contribution in [1.82, 2.24) is 4.98 Å². The molecule has 0 unspecified atom stereocenters. The summed E-state index contributed by atoms with van der Waals surface area (Å²) in [6, 6.07) is 10.9. The van der Waals surface area contributed by atoms with Crippen LogP contribution < -0.4 is 9.04 Å². The molecule has 0 fully saturated rings. The SMILES string of the molecule is Cc1csc(S(=O)(=O)N(c2cc3c(cc2OCc2ccc(C=CC(=O)O)cc2)CCC3)C(C)C)n1. The molecule has 0 saturated heterocycles. The molecule has 0 aliphatic heterocycles. The van der Waals surface area contributed by atoms with Crippen molar-refractivity contribution in [2.75, 3.05) is 4.31 Å². The van der Waals surface area contributed by atoms with Crippen molar-refractivity contribution < 1.29 is 23.1 Å². The third kappa shape index (κ3) is 5.57. The standard InChI is InChI=1S/C26H28N2O5S2/c1-17(2)28(35(31,32)26-27-18(3)16-34-26)23-13-21-5-4-6-22(21)14-24(23)33-15-20-9-7-19(8-10-20)11-12-25(29)30/h7-14,16-17H,4-6,15H2,1-3H3,(H,29,30). The average molecular weight is 513 g/mol. The molecule has 0 saturated carbocycles. The number of carboxylic acid groups (broad SMARTS) is 1. The molecule has 35 heavy (non-hydrogen) atoms. The van der Waals surface area contributed by atoms with Gasteiger partial charge in [0.2, 0.25) is 4.34 Å². The second-order valence-electron chi connectivity index (χ2n) is 8.79. The van der Waals surface area contributed by atoms with E-state index in [1.807, 2.05) is 50.2 Å². The summed E-state index contributed by atoms with van der Waals surface area (Å²) in [5, 5.41) is 10.5. The van der Waals surface area contributed by atoms with Gasteiger partial charge in [-0.2, -0.15) is 8.42 Å². The minimum atomic E-state index is -3.87. The highest BCUT2D eigenvalue weighted by Gasteiger charge is 2.33. The van der Waals surface area contributed by atoms with Gasteiger partial charge >= 0.3 is 5.97 Å². The smallest absolute Gasteiger partial charge is 0.328 e. The molecular weight excluding hydrogens is 484 g/mol. The summed E-state index contributed by atoms with van der Waals surface area (Å²) in [4.78, 5) is 15.0. The maximum absolute atomic E-state index is 13.6. The van der Waals surface area contributed by atoms with E-state index in [1.165, 1.54) is 15.9 Å². The Hall–Kier alpha value is -3.17. The van der Waals surface area contributed by atoms with Gasteiger partial charge in [0.1, 0.15) is 12.4 Å². The molecule has 1 heterocycles. The number of fused-ring (bicyclic) bond motifs is 1. The molecular formula is C26H28N2O5S2. The summed E-state index contributed by atoms with van der Waals surface area (Å²) in [6.07, 6.45) is 5.50. The van der Waals surface area contributed by atoms with Crippen molar-refractivity contribution in [2.45, 2.75) is 57.0 Å². The number of nitrogens with zero attached hydrogens (tertiary/aromatic N) is 2. The predicted octanol–water partition coefficient (Wildman–Crippen LogP) is 5.22. The van der Waals surface area contributed by atoms with Crippen LogP contribution in [-0.2, 0) is 34.3 Å². The predicted molar refractivity (Wildman–Crippen MR) is 138 cm³/mol. The lowest BCUT2D eigenvalue weighted by Gasteiger charge is -2.29. The quantitative estimate of drug-likeness (QED) is 0.395. The molecule has 1 aliphatic carbocycles. The van der Waals surface area contributed by atoms with Gasteiger partial charge < -0.3 is 9.84 Å². The lowest BCUT2D eigenvalue weighted by atomic mass is 10.1. The van der Waals surface area contributed by atoms with Crippen molar-refractivity contribution >= 4 is 39.1 Å². The minimum absolute atomic E-state index is 0.0696. The Bertz CT molecular complexity index is 1360. The zero-order valence-electron chi connectivity index (χ0n) is 19.9. The molecule has 2 aromatic carbocycles. The summed E-state index contributed by atoms with van der Waals surface area (Å²) in [5.74, 6) is -0.481. The van der Waals surface area contributed by atoms with Crippen LogP contribution in [0.1, 0.15) is 48.2 Å². The van der Waals surface area contributed by atoms with E-state index >= 15 is 0 Å². The zero-order chi connectivity index (χ0) is 25.2. The van der Waals surface area contributed by atoms with Gasteiger partial charge in [-0.05, 0) is 80.5 Å². The molecule has 1 aromatic heterocycles. The van der Waals surface area contributed by atoms with E-state index < -0.39 is 16.0 Å². The van der Waals surface area contributed by atoms with Crippen LogP contribution in [0.25, 0.3) is 6.08 Å². The Morgan fingerprint density at radius 3 is 2.49 bits per heavy atom. The van der Waals surface area contributed by atoms with Crippen LogP contribution in [0.4, 0.5) is 5.69 Å². The Kier molecular flexibility index (Phi) is 7.28. The Balaban J connectivity index is 1.67. The highest BCUT2D eigenvalue weighted by atomic mass is 32.2. The molecule has 0 spiro atoms. The number of aromatic nitrogens is 1. The second kappa shape index (κ2) is 10.2. The first-order valence-electron chi connectivity index (χ1n) is 11.4. The normalized spacial score (nSPS) is 13.4. The molecule has 3 aromatic rings. The lowest BCUT2D eigenvalue weighted by molar-refractivity contribution is -0.131. The highest BCUT2D eigenvalue weighted by molar-refractivity contribution is 7.94. The number of sulfonamides is 1. The van der Waals surface area contributed by atoms with Crippen molar-refractivity contribution in [2.24, 2.45) is 0 Å². The first-order chi connectivity index (χ1) is 16.6. The monoisotopic (exact) mass is 512 g/mol. The van der Waals surface area contributed by atoms with Gasteiger partial charge in [-0.15, -0.1) is 11.3 Å². The fourth-order valence-corrected chi connectivity index (χ4v) is 6.93. The molecule has 4 rings (SSSR count). The van der Waals surface area contributed by atoms with E-state index in [9.17, 15) is 13.2 Å². The van der Waals surface area contributed by atoms with Gasteiger partial charge in [-0.3, -0.25) is 4.31 Å². The largest absolute Gasteiger partial charge is 0.487 e. The number of aliphatic carboxylic acids is 1. The fourth-order valence-electron chi connectivity index (χ4n) is 4.15. The summed E-state index contributed by atoms with van der Waals surface area (Å²) in [6.45, 7) is 5.72. The van der Waals surface area contributed by atoms with Gasteiger partial charge in [-0.1, -0.05) is 24.3 Å². The van der Waals surface area contributed by atoms with E-state index in [1.54, 1.807) is 12.3 Å². The summed E-state index contributed by atoms with van der Waals surface area (Å²) in [7, 11) is -3.87. The number of carboxylic acids is 1. The van der Waals surface area contributed by atoms with Gasteiger partial charge in [0.25, 0.3) is 10.0 Å². The van der Waals surface area contributed by atoms with Crippen LogP contribution in [0, 0.1) is 6.92 Å². The fraction of sp³-hybridized carbons (Fsp3) is 0.308. The lowest BCUT2D eigenvalue weighted by Crippen LogP contribution is -2.37. The number of rotatable bonds is 9. The van der Waals surface area contributed by atoms with Gasteiger partial charge in [0, 0.05) is 23.2 Å². The van der Waals surface area contributed by atoms with Gasteiger partial charge in [-0.25, -0.2) is 9.78 Å². The van der Waals surface area contributed by atoms with E-state index in [0.717, 1.165) is 53.4 Å². The van der Waals surface area contributed by atoms with E-state index in [0.29, 0.717) is 17.1 Å². The number of benzene rings is 2. The summed E-state index contributed by atoms with van der Waals surface area (Å²) in [5.41, 5.74) is 5.18.